The van der Waals surface area contributed by atoms with Gasteiger partial charge in [-0.25, -0.2) is 0 Å². The molecule has 0 saturated carbocycles. The van der Waals surface area contributed by atoms with E-state index in [1.54, 1.807) is 0 Å². The SMILES string of the molecule is OCCCc1c(I)cc(I)cc1I. The molecule has 1 N–H and O–H groups in total. The van der Waals surface area contributed by atoms with Gasteiger partial charge in [-0.1, -0.05) is 0 Å². The molecule has 1 aromatic rings. The first-order valence-corrected chi connectivity index (χ1v) is 7.13. The minimum absolute atomic E-state index is 0.276. The van der Waals surface area contributed by atoms with Gasteiger partial charge in [-0.2, -0.15) is 0 Å². The van der Waals surface area contributed by atoms with Crippen LogP contribution in [0.5, 0.6) is 0 Å². The van der Waals surface area contributed by atoms with Gasteiger partial charge in [0.2, 0.25) is 0 Å². The minimum atomic E-state index is 0.276. The van der Waals surface area contributed by atoms with Crippen molar-refractivity contribution >= 4 is 67.8 Å². The molecule has 0 bridgehead atoms. The molecule has 0 spiro atoms. The summed E-state index contributed by atoms with van der Waals surface area (Å²) in [4.78, 5) is 0. The Morgan fingerprint density at radius 2 is 1.62 bits per heavy atom. The summed E-state index contributed by atoms with van der Waals surface area (Å²) >= 11 is 7.05. The molecule has 0 unspecified atom stereocenters. The van der Waals surface area contributed by atoms with Crippen LogP contribution in [-0.4, -0.2) is 11.7 Å². The summed E-state index contributed by atoms with van der Waals surface area (Å²) in [6.07, 6.45) is 1.83. The van der Waals surface area contributed by atoms with Crippen molar-refractivity contribution in [2.24, 2.45) is 0 Å². The van der Waals surface area contributed by atoms with Crippen molar-refractivity contribution in [1.29, 1.82) is 0 Å². The zero-order chi connectivity index (χ0) is 9.84. The van der Waals surface area contributed by atoms with E-state index in [-0.39, 0.29) is 6.61 Å². The molecule has 0 radical (unpaired) electrons. The van der Waals surface area contributed by atoms with Crippen LogP contribution >= 0.6 is 67.8 Å². The largest absolute Gasteiger partial charge is 0.396 e. The molecule has 1 aromatic carbocycles. The molecule has 0 aromatic heterocycles. The zero-order valence-electron chi connectivity index (χ0n) is 6.86. The first-order valence-electron chi connectivity index (χ1n) is 3.89. The Balaban J connectivity index is 2.92. The minimum Gasteiger partial charge on any atom is -0.396 e. The molecule has 0 atom stereocenters. The summed E-state index contributed by atoms with van der Waals surface area (Å²) < 4.78 is 3.89. The lowest BCUT2D eigenvalue weighted by atomic mass is 10.1. The van der Waals surface area contributed by atoms with Gasteiger partial charge in [0.1, 0.15) is 0 Å². The van der Waals surface area contributed by atoms with Crippen LogP contribution < -0.4 is 0 Å². The molecule has 0 aliphatic carbocycles. The molecule has 13 heavy (non-hydrogen) atoms. The van der Waals surface area contributed by atoms with Crippen molar-refractivity contribution < 1.29 is 5.11 Å². The van der Waals surface area contributed by atoms with Gasteiger partial charge in [-0.15, -0.1) is 0 Å². The number of benzene rings is 1. The summed E-state index contributed by atoms with van der Waals surface area (Å²) in [5.74, 6) is 0. The highest BCUT2D eigenvalue weighted by molar-refractivity contribution is 14.1. The van der Waals surface area contributed by atoms with E-state index in [2.05, 4.69) is 79.9 Å². The normalized spacial score (nSPS) is 10.5. The number of hydrogen-bond donors (Lipinski definition) is 1. The highest BCUT2D eigenvalue weighted by Gasteiger charge is 2.05. The maximum atomic E-state index is 8.76. The second kappa shape index (κ2) is 6.06. The Morgan fingerprint density at radius 3 is 2.08 bits per heavy atom. The summed E-state index contributed by atoms with van der Waals surface area (Å²) in [5.41, 5.74) is 1.37. The third-order valence-electron chi connectivity index (χ3n) is 1.69. The number of rotatable bonds is 3. The maximum Gasteiger partial charge on any atom is 0.0434 e. The van der Waals surface area contributed by atoms with E-state index in [0.29, 0.717) is 0 Å². The second-order valence-corrected chi connectivity index (χ2v) is 6.25. The molecule has 0 aliphatic rings. The number of halogens is 3. The molecule has 0 heterocycles. The highest BCUT2D eigenvalue weighted by atomic mass is 127. The quantitative estimate of drug-likeness (QED) is 0.614. The summed E-state index contributed by atoms with van der Waals surface area (Å²) in [6, 6.07) is 4.35. The average molecular weight is 514 g/mol. The Bertz CT molecular complexity index is 276. The van der Waals surface area contributed by atoms with Crippen molar-refractivity contribution in [1.82, 2.24) is 0 Å². The third kappa shape index (κ3) is 3.78. The van der Waals surface area contributed by atoms with Crippen LogP contribution in [-0.2, 0) is 6.42 Å². The highest BCUT2D eigenvalue weighted by Crippen LogP contribution is 2.23. The lowest BCUT2D eigenvalue weighted by molar-refractivity contribution is 0.288. The van der Waals surface area contributed by atoms with E-state index in [0.717, 1.165) is 12.8 Å². The Kier molecular flexibility index (Phi) is 5.80. The third-order valence-corrected chi connectivity index (χ3v) is 4.24. The number of aliphatic hydroxyl groups is 1. The van der Waals surface area contributed by atoms with Gasteiger partial charge in [0.15, 0.2) is 0 Å². The zero-order valence-corrected chi connectivity index (χ0v) is 13.3. The Morgan fingerprint density at radius 1 is 1.08 bits per heavy atom. The monoisotopic (exact) mass is 514 g/mol. The van der Waals surface area contributed by atoms with Crippen molar-refractivity contribution in [2.45, 2.75) is 12.8 Å². The molecule has 0 amide bonds. The van der Waals surface area contributed by atoms with Gasteiger partial charge >= 0.3 is 0 Å². The number of aliphatic hydroxyl groups excluding tert-OH is 1. The van der Waals surface area contributed by atoms with Gasteiger partial charge in [0, 0.05) is 17.3 Å². The van der Waals surface area contributed by atoms with Gasteiger partial charge in [0.25, 0.3) is 0 Å². The van der Waals surface area contributed by atoms with Gasteiger partial charge in [0.05, 0.1) is 0 Å². The fourth-order valence-electron chi connectivity index (χ4n) is 1.07. The fourth-order valence-corrected chi connectivity index (χ4v) is 5.19. The molecule has 0 fully saturated rings. The summed E-state index contributed by atoms with van der Waals surface area (Å²) in [7, 11) is 0. The van der Waals surface area contributed by atoms with Crippen LogP contribution in [0.4, 0.5) is 0 Å². The lowest BCUT2D eigenvalue weighted by Crippen LogP contribution is -1.97. The standard InChI is InChI=1S/C9H9I3O/c10-6-4-8(11)7(2-1-3-13)9(12)5-6/h4-5,13H,1-3H2. The van der Waals surface area contributed by atoms with Crippen LogP contribution in [0.1, 0.15) is 12.0 Å². The maximum absolute atomic E-state index is 8.76. The second-order valence-electron chi connectivity index (χ2n) is 2.68. The van der Waals surface area contributed by atoms with Crippen molar-refractivity contribution in [3.63, 3.8) is 0 Å². The van der Waals surface area contributed by atoms with Gasteiger partial charge < -0.3 is 5.11 Å². The van der Waals surface area contributed by atoms with E-state index >= 15 is 0 Å². The van der Waals surface area contributed by atoms with Crippen LogP contribution in [0, 0.1) is 10.7 Å². The molecular weight excluding hydrogens is 505 g/mol. The Labute approximate surface area is 119 Å². The van der Waals surface area contributed by atoms with Gasteiger partial charge in [-0.05, 0) is 98.3 Å². The molecule has 4 heteroatoms. The predicted octanol–water partition coefficient (Wildman–Crippen LogP) is 3.43. The van der Waals surface area contributed by atoms with E-state index < -0.39 is 0 Å². The van der Waals surface area contributed by atoms with Crippen molar-refractivity contribution in [2.75, 3.05) is 6.61 Å². The Hall–Kier alpha value is 1.37. The molecule has 0 saturated heterocycles. The van der Waals surface area contributed by atoms with Crippen LogP contribution in [0.15, 0.2) is 12.1 Å². The van der Waals surface area contributed by atoms with E-state index in [4.69, 9.17) is 5.11 Å². The average Bonchev–Trinajstić information content (AvgIpc) is 2.02. The van der Waals surface area contributed by atoms with E-state index in [9.17, 15) is 0 Å². The molecular formula is C9H9I3O. The molecule has 0 aliphatic heterocycles. The lowest BCUT2D eigenvalue weighted by Gasteiger charge is -2.07. The van der Waals surface area contributed by atoms with Crippen LogP contribution in [0.3, 0.4) is 0 Å². The fraction of sp³-hybridized carbons (Fsp3) is 0.333. The molecule has 1 nitrogen and oxygen atoms in total. The van der Waals surface area contributed by atoms with Crippen LogP contribution in [0.2, 0.25) is 0 Å². The topological polar surface area (TPSA) is 20.2 Å². The smallest absolute Gasteiger partial charge is 0.0434 e. The summed E-state index contributed by atoms with van der Waals surface area (Å²) in [6.45, 7) is 0.276. The van der Waals surface area contributed by atoms with Crippen LogP contribution in [0.25, 0.3) is 0 Å². The van der Waals surface area contributed by atoms with Crippen molar-refractivity contribution in [3.8, 4) is 0 Å². The molecule has 72 valence electrons. The first kappa shape index (κ1) is 12.4. The van der Waals surface area contributed by atoms with Crippen molar-refractivity contribution in [3.05, 3.63) is 28.4 Å². The number of hydrogen-bond acceptors (Lipinski definition) is 1. The molecule has 1 rings (SSSR count). The van der Waals surface area contributed by atoms with E-state index in [1.807, 2.05) is 0 Å². The summed E-state index contributed by atoms with van der Waals surface area (Å²) in [5, 5.41) is 8.76. The predicted molar refractivity (Wildman–Crippen MR) is 80.0 cm³/mol. The first-order chi connectivity index (χ1) is 6.15. The van der Waals surface area contributed by atoms with E-state index in [1.165, 1.54) is 16.3 Å². The van der Waals surface area contributed by atoms with Gasteiger partial charge in [-0.3, -0.25) is 0 Å².